The van der Waals surface area contributed by atoms with Crippen LogP contribution in [0.25, 0.3) is 6.08 Å². The third kappa shape index (κ3) is 4.14. The Hall–Kier alpha value is -3.00. The van der Waals surface area contributed by atoms with E-state index in [2.05, 4.69) is 5.32 Å². The van der Waals surface area contributed by atoms with E-state index in [9.17, 15) is 14.4 Å². The molecule has 3 aromatic rings. The van der Waals surface area contributed by atoms with Crippen molar-refractivity contribution in [3.63, 3.8) is 0 Å². The molecule has 1 fully saturated rings. The SMILES string of the molecule is O=C1NC(=O)N(c2ccc(Cl)c(Cl)c2)C(=O)/C1=C/c1ccc(Sc2ccccc2)o1. The smallest absolute Gasteiger partial charge is 0.335 e. The monoisotopic (exact) mass is 458 g/mol. The highest BCUT2D eigenvalue weighted by Gasteiger charge is 2.37. The number of nitrogens with zero attached hydrogens (tertiary/aromatic N) is 1. The highest BCUT2D eigenvalue weighted by Crippen LogP contribution is 2.31. The topological polar surface area (TPSA) is 79.6 Å². The lowest BCUT2D eigenvalue weighted by molar-refractivity contribution is -0.122. The molecule has 30 heavy (non-hydrogen) atoms. The van der Waals surface area contributed by atoms with Crippen LogP contribution in [0.4, 0.5) is 10.5 Å². The first-order chi connectivity index (χ1) is 14.4. The Morgan fingerprint density at radius 3 is 2.43 bits per heavy atom. The van der Waals surface area contributed by atoms with Crippen LogP contribution in [0.2, 0.25) is 10.0 Å². The average Bonchev–Trinajstić information content (AvgIpc) is 3.15. The van der Waals surface area contributed by atoms with E-state index in [4.69, 9.17) is 27.6 Å². The Labute approximate surface area is 185 Å². The summed E-state index contributed by atoms with van der Waals surface area (Å²) < 4.78 is 5.70. The minimum atomic E-state index is -0.875. The molecule has 1 aliphatic rings. The first kappa shape index (κ1) is 20.3. The number of nitrogens with one attached hydrogen (secondary N) is 1. The Balaban J connectivity index is 1.62. The third-order valence-electron chi connectivity index (χ3n) is 4.11. The van der Waals surface area contributed by atoms with Gasteiger partial charge in [0.1, 0.15) is 11.3 Å². The summed E-state index contributed by atoms with van der Waals surface area (Å²) in [6.45, 7) is 0. The van der Waals surface area contributed by atoms with E-state index in [1.807, 2.05) is 30.3 Å². The van der Waals surface area contributed by atoms with Gasteiger partial charge in [-0.05, 0) is 48.5 Å². The van der Waals surface area contributed by atoms with Crippen LogP contribution in [-0.2, 0) is 9.59 Å². The number of urea groups is 1. The molecule has 6 nitrogen and oxygen atoms in total. The summed E-state index contributed by atoms with van der Waals surface area (Å²) in [5, 5.41) is 3.18. The molecule has 0 atom stereocenters. The van der Waals surface area contributed by atoms with Crippen LogP contribution in [0.1, 0.15) is 5.76 Å². The molecule has 1 aliphatic heterocycles. The highest BCUT2D eigenvalue weighted by molar-refractivity contribution is 7.99. The van der Waals surface area contributed by atoms with Gasteiger partial charge in [0.05, 0.1) is 15.7 Å². The van der Waals surface area contributed by atoms with Crippen LogP contribution < -0.4 is 10.2 Å². The van der Waals surface area contributed by atoms with Crippen LogP contribution in [0.3, 0.4) is 0 Å². The Morgan fingerprint density at radius 2 is 1.70 bits per heavy atom. The lowest BCUT2D eigenvalue weighted by Crippen LogP contribution is -2.54. The average molecular weight is 459 g/mol. The van der Waals surface area contributed by atoms with E-state index >= 15 is 0 Å². The summed E-state index contributed by atoms with van der Waals surface area (Å²) in [5.74, 6) is -1.30. The molecule has 1 N–H and O–H groups in total. The molecule has 0 spiro atoms. The van der Waals surface area contributed by atoms with Crippen LogP contribution >= 0.6 is 35.0 Å². The van der Waals surface area contributed by atoms with Gasteiger partial charge in [0.15, 0.2) is 5.09 Å². The first-order valence-corrected chi connectivity index (χ1v) is 10.2. The van der Waals surface area contributed by atoms with Crippen molar-refractivity contribution in [3.8, 4) is 0 Å². The second kappa shape index (κ2) is 8.39. The largest absolute Gasteiger partial charge is 0.450 e. The molecule has 2 heterocycles. The zero-order valence-corrected chi connectivity index (χ0v) is 17.4. The number of hydrogen-bond acceptors (Lipinski definition) is 5. The van der Waals surface area contributed by atoms with Gasteiger partial charge >= 0.3 is 6.03 Å². The quantitative estimate of drug-likeness (QED) is 0.417. The normalized spacial score (nSPS) is 15.6. The van der Waals surface area contributed by atoms with Crippen molar-refractivity contribution in [2.45, 2.75) is 9.99 Å². The van der Waals surface area contributed by atoms with Crippen molar-refractivity contribution < 1.29 is 18.8 Å². The minimum Gasteiger partial charge on any atom is -0.450 e. The number of halogens is 2. The zero-order valence-electron chi connectivity index (χ0n) is 15.1. The maximum Gasteiger partial charge on any atom is 0.335 e. The number of carbonyl (C=O) groups excluding carboxylic acids is 3. The predicted molar refractivity (Wildman–Crippen MR) is 115 cm³/mol. The van der Waals surface area contributed by atoms with Crippen molar-refractivity contribution in [2.24, 2.45) is 0 Å². The van der Waals surface area contributed by atoms with E-state index in [-0.39, 0.29) is 21.3 Å². The fraction of sp³-hybridized carbons (Fsp3) is 0. The van der Waals surface area contributed by atoms with Gasteiger partial charge in [0, 0.05) is 4.90 Å². The molecule has 1 saturated heterocycles. The summed E-state index contributed by atoms with van der Waals surface area (Å²) in [4.78, 5) is 39.2. The zero-order chi connectivity index (χ0) is 21.3. The number of rotatable bonds is 4. The van der Waals surface area contributed by atoms with Gasteiger partial charge in [0.2, 0.25) is 0 Å². The van der Waals surface area contributed by atoms with Gasteiger partial charge in [-0.1, -0.05) is 53.2 Å². The summed E-state index contributed by atoms with van der Waals surface area (Å²) in [6.07, 6.45) is 1.30. The van der Waals surface area contributed by atoms with Crippen LogP contribution in [-0.4, -0.2) is 17.8 Å². The van der Waals surface area contributed by atoms with Crippen molar-refractivity contribution >= 4 is 64.6 Å². The highest BCUT2D eigenvalue weighted by atomic mass is 35.5. The first-order valence-electron chi connectivity index (χ1n) is 8.61. The van der Waals surface area contributed by atoms with E-state index in [0.717, 1.165) is 9.80 Å². The third-order valence-corrected chi connectivity index (χ3v) is 5.78. The maximum atomic E-state index is 12.9. The van der Waals surface area contributed by atoms with E-state index in [0.29, 0.717) is 10.9 Å². The molecule has 4 rings (SSSR count). The number of hydrogen-bond donors (Lipinski definition) is 1. The van der Waals surface area contributed by atoms with E-state index < -0.39 is 17.8 Å². The van der Waals surface area contributed by atoms with Gasteiger partial charge in [0.25, 0.3) is 11.8 Å². The molecule has 0 unspecified atom stereocenters. The van der Waals surface area contributed by atoms with Crippen molar-refractivity contribution in [2.75, 3.05) is 4.90 Å². The Morgan fingerprint density at radius 1 is 0.933 bits per heavy atom. The molecule has 0 aliphatic carbocycles. The minimum absolute atomic E-state index is 0.172. The standard InChI is InChI=1S/C21H12Cl2N2O4S/c22-16-8-6-12(10-17(16)23)25-20(27)15(19(26)24-21(25)28)11-13-7-9-18(29-13)30-14-4-2-1-3-5-14/h1-11H,(H,24,26,28)/b15-11+. The Kier molecular flexibility index (Phi) is 5.67. The summed E-state index contributed by atoms with van der Waals surface area (Å²) in [5.41, 5.74) is -0.0589. The van der Waals surface area contributed by atoms with Gasteiger partial charge in [-0.2, -0.15) is 0 Å². The lowest BCUT2D eigenvalue weighted by Gasteiger charge is -2.26. The molecular formula is C21H12Cl2N2O4S. The maximum absolute atomic E-state index is 12.9. The van der Waals surface area contributed by atoms with E-state index in [1.165, 1.54) is 36.0 Å². The summed E-state index contributed by atoms with van der Waals surface area (Å²) in [7, 11) is 0. The molecule has 4 amide bonds. The van der Waals surface area contributed by atoms with Crippen LogP contribution in [0.15, 0.2) is 80.6 Å². The molecule has 0 bridgehead atoms. The molecule has 150 valence electrons. The molecule has 9 heteroatoms. The second-order valence-electron chi connectivity index (χ2n) is 6.13. The van der Waals surface area contributed by atoms with Gasteiger partial charge in [-0.15, -0.1) is 0 Å². The fourth-order valence-electron chi connectivity index (χ4n) is 2.73. The van der Waals surface area contributed by atoms with Crippen molar-refractivity contribution in [3.05, 3.63) is 82.0 Å². The number of carbonyl (C=O) groups is 3. The van der Waals surface area contributed by atoms with Gasteiger partial charge in [-0.25, -0.2) is 9.69 Å². The molecule has 0 saturated carbocycles. The summed E-state index contributed by atoms with van der Waals surface area (Å²) >= 11 is 13.3. The van der Waals surface area contributed by atoms with Gasteiger partial charge < -0.3 is 4.42 Å². The summed E-state index contributed by atoms with van der Waals surface area (Å²) in [6, 6.07) is 16.4. The number of imide groups is 2. The molecule has 2 aromatic carbocycles. The molecule has 0 radical (unpaired) electrons. The van der Waals surface area contributed by atoms with Crippen molar-refractivity contribution in [1.29, 1.82) is 0 Å². The molecule has 1 aromatic heterocycles. The number of amides is 4. The predicted octanol–water partition coefficient (Wildman–Crippen LogP) is 5.40. The van der Waals surface area contributed by atoms with E-state index in [1.54, 1.807) is 12.1 Å². The number of anilines is 1. The lowest BCUT2D eigenvalue weighted by atomic mass is 10.1. The number of furan rings is 1. The number of benzene rings is 2. The second-order valence-corrected chi connectivity index (χ2v) is 8.02. The Bertz CT molecular complexity index is 1190. The van der Waals surface area contributed by atoms with Crippen molar-refractivity contribution in [1.82, 2.24) is 5.32 Å². The molecular weight excluding hydrogens is 447 g/mol. The number of barbiturate groups is 1. The van der Waals surface area contributed by atoms with Gasteiger partial charge in [-0.3, -0.25) is 14.9 Å². The van der Waals surface area contributed by atoms with Crippen LogP contribution in [0.5, 0.6) is 0 Å². The van der Waals surface area contributed by atoms with Crippen LogP contribution in [0, 0.1) is 0 Å². The fourth-order valence-corrected chi connectivity index (χ4v) is 3.82.